The topological polar surface area (TPSA) is 35.6 Å². The lowest BCUT2D eigenvalue weighted by Crippen LogP contribution is -2.46. The summed E-state index contributed by atoms with van der Waals surface area (Å²) < 4.78 is 0. The molecule has 1 N–H and O–H groups in total. The Morgan fingerprint density at radius 1 is 1.44 bits per heavy atom. The third-order valence-electron chi connectivity index (χ3n) is 2.91. The molecule has 0 aliphatic carbocycles. The summed E-state index contributed by atoms with van der Waals surface area (Å²) in [7, 11) is 1.91. The van der Waals surface area contributed by atoms with Gasteiger partial charge in [0.2, 0.25) is 5.91 Å². The molecule has 1 amide bonds. The summed E-state index contributed by atoms with van der Waals surface area (Å²) in [5, 5.41) is 3.33. The highest BCUT2D eigenvalue weighted by molar-refractivity contribution is 7.98. The van der Waals surface area contributed by atoms with Crippen molar-refractivity contribution in [3.8, 4) is 0 Å². The third kappa shape index (κ3) is 5.18. The maximum absolute atomic E-state index is 11.7. The number of nitrogens with zero attached hydrogens (tertiary/aromatic N) is 2. The number of hydrogen-bond acceptors (Lipinski definition) is 4. The van der Waals surface area contributed by atoms with Gasteiger partial charge in [-0.05, 0) is 6.26 Å². The van der Waals surface area contributed by atoms with Gasteiger partial charge in [0, 0.05) is 58.5 Å². The lowest BCUT2D eigenvalue weighted by molar-refractivity contribution is -0.129. The van der Waals surface area contributed by atoms with E-state index >= 15 is 0 Å². The molecule has 0 aromatic heterocycles. The van der Waals surface area contributed by atoms with Crippen molar-refractivity contribution >= 4 is 17.7 Å². The molecule has 4 nitrogen and oxygen atoms in total. The molecule has 0 atom stereocenters. The number of piperazine rings is 1. The number of carbonyl (C=O) groups is 1. The number of rotatable bonds is 6. The van der Waals surface area contributed by atoms with E-state index in [1.807, 2.05) is 18.2 Å². The molecule has 0 saturated carbocycles. The smallest absolute Gasteiger partial charge is 0.223 e. The van der Waals surface area contributed by atoms with Crippen molar-refractivity contribution in [3.05, 3.63) is 0 Å². The maximum Gasteiger partial charge on any atom is 0.223 e. The molecule has 1 rings (SSSR count). The van der Waals surface area contributed by atoms with Gasteiger partial charge in [0.15, 0.2) is 0 Å². The van der Waals surface area contributed by atoms with Gasteiger partial charge in [0.05, 0.1) is 0 Å². The second-order valence-electron chi connectivity index (χ2n) is 4.15. The summed E-state index contributed by atoms with van der Waals surface area (Å²) in [6.07, 6.45) is 2.70. The molecular formula is C11H23N3OS. The molecule has 16 heavy (non-hydrogen) atoms. The van der Waals surface area contributed by atoms with Crippen LogP contribution in [0.2, 0.25) is 0 Å². The molecule has 0 radical (unpaired) electrons. The van der Waals surface area contributed by atoms with E-state index in [1.165, 1.54) is 0 Å². The first-order chi connectivity index (χ1) is 7.74. The van der Waals surface area contributed by atoms with Crippen molar-refractivity contribution < 1.29 is 4.79 Å². The van der Waals surface area contributed by atoms with Crippen LogP contribution in [0.25, 0.3) is 0 Å². The van der Waals surface area contributed by atoms with Crippen molar-refractivity contribution in [2.75, 3.05) is 58.3 Å². The Morgan fingerprint density at radius 2 is 2.12 bits per heavy atom. The molecule has 0 spiro atoms. The van der Waals surface area contributed by atoms with Crippen molar-refractivity contribution in [3.63, 3.8) is 0 Å². The van der Waals surface area contributed by atoms with Crippen LogP contribution < -0.4 is 5.32 Å². The molecule has 0 aromatic carbocycles. The van der Waals surface area contributed by atoms with E-state index in [9.17, 15) is 4.79 Å². The first-order valence-electron chi connectivity index (χ1n) is 5.90. The zero-order valence-electron chi connectivity index (χ0n) is 10.4. The first-order valence-corrected chi connectivity index (χ1v) is 7.29. The molecule has 1 saturated heterocycles. The van der Waals surface area contributed by atoms with E-state index < -0.39 is 0 Å². The number of likely N-dealkylation sites (N-methyl/N-ethyl adjacent to an activating group) is 1. The lowest BCUT2D eigenvalue weighted by atomic mass is 10.3. The second kappa shape index (κ2) is 7.92. The average Bonchev–Trinajstić information content (AvgIpc) is 2.34. The van der Waals surface area contributed by atoms with Crippen LogP contribution >= 0.6 is 11.8 Å². The predicted molar refractivity (Wildman–Crippen MR) is 69.9 cm³/mol. The van der Waals surface area contributed by atoms with Crippen LogP contribution in [0.1, 0.15) is 6.42 Å². The van der Waals surface area contributed by atoms with E-state index in [1.54, 1.807) is 11.8 Å². The van der Waals surface area contributed by atoms with E-state index in [0.717, 1.165) is 45.0 Å². The van der Waals surface area contributed by atoms with E-state index in [0.29, 0.717) is 6.42 Å². The molecule has 1 aliphatic heterocycles. The van der Waals surface area contributed by atoms with Gasteiger partial charge in [-0.15, -0.1) is 0 Å². The molecule has 0 unspecified atom stereocenters. The number of carbonyl (C=O) groups excluding carboxylic acids is 1. The Kier molecular flexibility index (Phi) is 6.84. The lowest BCUT2D eigenvalue weighted by Gasteiger charge is -2.29. The SMILES string of the molecule is CSCCC(=O)N(C)CCN1CCNCC1. The highest BCUT2D eigenvalue weighted by Gasteiger charge is 2.12. The number of hydrogen-bond donors (Lipinski definition) is 1. The maximum atomic E-state index is 11.7. The average molecular weight is 245 g/mol. The Labute approximate surface area is 103 Å². The summed E-state index contributed by atoms with van der Waals surface area (Å²) in [6, 6.07) is 0. The molecule has 1 fully saturated rings. The highest BCUT2D eigenvalue weighted by Crippen LogP contribution is 2.00. The predicted octanol–water partition coefficient (Wildman–Crippen LogP) is 0.103. The van der Waals surface area contributed by atoms with Crippen LogP contribution in [0.15, 0.2) is 0 Å². The van der Waals surface area contributed by atoms with Gasteiger partial charge >= 0.3 is 0 Å². The van der Waals surface area contributed by atoms with Gasteiger partial charge in [0.25, 0.3) is 0 Å². The van der Waals surface area contributed by atoms with E-state index in [-0.39, 0.29) is 5.91 Å². The van der Waals surface area contributed by atoms with Gasteiger partial charge < -0.3 is 10.2 Å². The summed E-state index contributed by atoms with van der Waals surface area (Å²) in [5.41, 5.74) is 0. The van der Waals surface area contributed by atoms with Gasteiger partial charge in [-0.25, -0.2) is 0 Å². The summed E-state index contributed by atoms with van der Waals surface area (Å²) >= 11 is 1.73. The highest BCUT2D eigenvalue weighted by atomic mass is 32.2. The Morgan fingerprint density at radius 3 is 2.75 bits per heavy atom. The number of amides is 1. The molecular weight excluding hydrogens is 222 g/mol. The largest absolute Gasteiger partial charge is 0.344 e. The van der Waals surface area contributed by atoms with Crippen LogP contribution in [-0.2, 0) is 4.79 Å². The minimum Gasteiger partial charge on any atom is -0.344 e. The van der Waals surface area contributed by atoms with Gasteiger partial charge in [0.1, 0.15) is 0 Å². The fourth-order valence-electron chi connectivity index (χ4n) is 1.73. The normalized spacial score (nSPS) is 17.4. The van der Waals surface area contributed by atoms with Crippen LogP contribution in [0, 0.1) is 0 Å². The fourth-order valence-corrected chi connectivity index (χ4v) is 2.11. The Balaban J connectivity index is 2.12. The fraction of sp³-hybridized carbons (Fsp3) is 0.909. The second-order valence-corrected chi connectivity index (χ2v) is 5.14. The van der Waals surface area contributed by atoms with Gasteiger partial charge in [-0.2, -0.15) is 11.8 Å². The van der Waals surface area contributed by atoms with Crippen LogP contribution in [-0.4, -0.2) is 74.0 Å². The number of thioether (sulfide) groups is 1. The zero-order chi connectivity index (χ0) is 11.8. The monoisotopic (exact) mass is 245 g/mol. The van der Waals surface area contributed by atoms with Crippen LogP contribution in [0.4, 0.5) is 0 Å². The summed E-state index contributed by atoms with van der Waals surface area (Å²) in [4.78, 5) is 15.9. The van der Waals surface area contributed by atoms with Gasteiger partial charge in [-0.1, -0.05) is 0 Å². The molecule has 0 bridgehead atoms. The van der Waals surface area contributed by atoms with Crippen molar-refractivity contribution in [2.24, 2.45) is 0 Å². The molecule has 0 aromatic rings. The Hall–Kier alpha value is -0.260. The minimum atomic E-state index is 0.268. The van der Waals surface area contributed by atoms with E-state index in [2.05, 4.69) is 10.2 Å². The van der Waals surface area contributed by atoms with Crippen LogP contribution in [0.3, 0.4) is 0 Å². The van der Waals surface area contributed by atoms with E-state index in [4.69, 9.17) is 0 Å². The standard InChI is InChI=1S/C11H23N3OS/c1-13(11(15)3-10-16-2)8-9-14-6-4-12-5-7-14/h12H,3-10H2,1-2H3. The molecule has 94 valence electrons. The molecule has 1 aliphatic rings. The van der Waals surface area contributed by atoms with Gasteiger partial charge in [-0.3, -0.25) is 9.69 Å². The van der Waals surface area contributed by atoms with Crippen LogP contribution in [0.5, 0.6) is 0 Å². The number of nitrogens with one attached hydrogen (secondary N) is 1. The minimum absolute atomic E-state index is 0.268. The zero-order valence-corrected chi connectivity index (χ0v) is 11.2. The Bertz CT molecular complexity index is 207. The van der Waals surface area contributed by atoms with Crippen molar-refractivity contribution in [2.45, 2.75) is 6.42 Å². The third-order valence-corrected chi connectivity index (χ3v) is 3.52. The molecule has 1 heterocycles. The molecule has 5 heteroatoms. The summed E-state index contributed by atoms with van der Waals surface area (Å²) in [6.45, 7) is 6.21. The first kappa shape index (κ1) is 13.8. The summed E-state index contributed by atoms with van der Waals surface area (Å²) in [5.74, 6) is 1.20. The van der Waals surface area contributed by atoms with Crippen molar-refractivity contribution in [1.29, 1.82) is 0 Å². The quantitative estimate of drug-likeness (QED) is 0.720. The van der Waals surface area contributed by atoms with Crippen molar-refractivity contribution in [1.82, 2.24) is 15.1 Å².